The highest BCUT2D eigenvalue weighted by Crippen LogP contribution is 2.36. The van der Waals surface area contributed by atoms with E-state index in [4.69, 9.17) is 0 Å². The Morgan fingerprint density at radius 1 is 1.07 bits per heavy atom. The lowest BCUT2D eigenvalue weighted by atomic mass is 10.0. The maximum atomic E-state index is 4.45. The molecule has 0 amide bonds. The quantitative estimate of drug-likeness (QED) is 0.427. The maximum Gasteiger partial charge on any atom is 0.0890 e. The molecule has 0 N–H and O–H groups in total. The van der Waals surface area contributed by atoms with Crippen LogP contribution in [-0.4, -0.2) is 4.98 Å². The van der Waals surface area contributed by atoms with Crippen molar-refractivity contribution in [2.75, 3.05) is 0 Å². The highest BCUT2D eigenvalue weighted by Gasteiger charge is 2.12. The number of benzene rings is 2. The summed E-state index contributed by atoms with van der Waals surface area (Å²) < 4.78 is 1.28. The van der Waals surface area contributed by atoms with Crippen molar-refractivity contribution < 1.29 is 0 Å². The van der Waals surface area contributed by atoms with Gasteiger partial charge in [0.15, 0.2) is 0 Å². The van der Waals surface area contributed by atoms with Crippen molar-refractivity contribution in [3.8, 4) is 0 Å². The Balaban J connectivity index is 2.43. The van der Waals surface area contributed by atoms with Crippen LogP contribution in [0.2, 0.25) is 0 Å². The zero-order chi connectivity index (χ0) is 9.83. The van der Waals surface area contributed by atoms with E-state index in [1.165, 1.54) is 26.6 Å². The predicted octanol–water partition coefficient (Wildman–Crippen LogP) is 3.93. The summed E-state index contributed by atoms with van der Waals surface area (Å²) in [6, 6.07) is 8.67. The lowest BCUT2D eigenvalue weighted by Gasteiger charge is -2.02. The van der Waals surface area contributed by atoms with Gasteiger partial charge in [-0.1, -0.05) is 30.4 Å². The average Bonchev–Trinajstić information content (AvgIpc) is 2.87. The summed E-state index contributed by atoms with van der Waals surface area (Å²) in [7, 11) is 0. The first-order valence-corrected chi connectivity index (χ1v) is 5.78. The van der Waals surface area contributed by atoms with Crippen LogP contribution in [0, 0.1) is 0 Å². The van der Waals surface area contributed by atoms with Crippen molar-refractivity contribution in [3.63, 3.8) is 0 Å². The van der Waals surface area contributed by atoms with E-state index >= 15 is 0 Å². The fraction of sp³-hybridized carbons (Fsp3) is 0. The van der Waals surface area contributed by atoms with Crippen molar-refractivity contribution in [2.45, 2.75) is 0 Å². The Hall–Kier alpha value is -1.67. The fourth-order valence-electron chi connectivity index (χ4n) is 2.31. The van der Waals surface area contributed by atoms with Crippen LogP contribution in [0.4, 0.5) is 0 Å². The van der Waals surface area contributed by atoms with E-state index in [9.17, 15) is 0 Å². The minimum Gasteiger partial charge on any atom is -0.244 e. The molecule has 0 saturated heterocycles. The molecule has 1 aliphatic rings. The van der Waals surface area contributed by atoms with Gasteiger partial charge in [-0.25, -0.2) is 4.98 Å². The van der Waals surface area contributed by atoms with Gasteiger partial charge in [-0.2, -0.15) is 0 Å². The topological polar surface area (TPSA) is 12.9 Å². The van der Waals surface area contributed by atoms with E-state index < -0.39 is 0 Å². The number of thiazole rings is 1. The highest BCUT2D eigenvalue weighted by atomic mass is 32.1. The van der Waals surface area contributed by atoms with E-state index in [0.29, 0.717) is 0 Å². The molecule has 2 aromatic carbocycles. The van der Waals surface area contributed by atoms with Crippen LogP contribution in [0.1, 0.15) is 11.1 Å². The molecule has 0 spiro atoms. The van der Waals surface area contributed by atoms with E-state index in [2.05, 4.69) is 41.4 Å². The van der Waals surface area contributed by atoms with Gasteiger partial charge in [0.1, 0.15) is 0 Å². The SMILES string of the molecule is C1=Cc2cc3scnc3c3cccc1c23. The van der Waals surface area contributed by atoms with Crippen LogP contribution in [0.3, 0.4) is 0 Å². The van der Waals surface area contributed by atoms with Crippen LogP contribution in [0.15, 0.2) is 29.8 Å². The molecule has 0 aliphatic heterocycles. The number of fused-ring (bicyclic) bond motifs is 2. The zero-order valence-electron chi connectivity index (χ0n) is 7.90. The van der Waals surface area contributed by atoms with Crippen LogP contribution < -0.4 is 0 Å². The fourth-order valence-corrected chi connectivity index (χ4v) is 3.05. The van der Waals surface area contributed by atoms with Gasteiger partial charge in [0.05, 0.1) is 15.7 Å². The number of hydrogen-bond acceptors (Lipinski definition) is 2. The molecule has 1 aromatic heterocycles. The summed E-state index contributed by atoms with van der Waals surface area (Å²) in [4.78, 5) is 4.45. The molecule has 1 heterocycles. The van der Waals surface area contributed by atoms with Gasteiger partial charge in [0.25, 0.3) is 0 Å². The van der Waals surface area contributed by atoms with Crippen LogP contribution in [-0.2, 0) is 0 Å². The third kappa shape index (κ3) is 0.851. The van der Waals surface area contributed by atoms with Gasteiger partial charge in [0, 0.05) is 5.39 Å². The van der Waals surface area contributed by atoms with Gasteiger partial charge >= 0.3 is 0 Å². The Morgan fingerprint density at radius 3 is 3.00 bits per heavy atom. The summed E-state index contributed by atoms with van der Waals surface area (Å²) >= 11 is 1.71. The molecule has 0 bridgehead atoms. The molecular weight excluding hydrogens is 202 g/mol. The van der Waals surface area contributed by atoms with E-state index in [1.807, 2.05) is 5.51 Å². The first-order chi connectivity index (χ1) is 7.43. The molecule has 0 atom stereocenters. The minimum atomic E-state index is 1.14. The standard InChI is InChI=1S/C13H7NS/c1-2-8-4-5-9-6-11-13(14-7-15-11)10(3-1)12(8)9/h1-7H. The molecule has 4 rings (SSSR count). The second-order valence-corrected chi connectivity index (χ2v) is 4.65. The maximum absolute atomic E-state index is 4.45. The van der Waals surface area contributed by atoms with Crippen molar-refractivity contribution in [1.82, 2.24) is 4.98 Å². The molecular formula is C13H7NS. The summed E-state index contributed by atoms with van der Waals surface area (Å²) in [5.41, 5.74) is 5.71. The number of nitrogens with zero attached hydrogens (tertiary/aromatic N) is 1. The molecule has 70 valence electrons. The highest BCUT2D eigenvalue weighted by molar-refractivity contribution is 7.16. The van der Waals surface area contributed by atoms with Gasteiger partial charge < -0.3 is 0 Å². The van der Waals surface area contributed by atoms with E-state index in [1.54, 1.807) is 11.3 Å². The Morgan fingerprint density at radius 2 is 2.00 bits per heavy atom. The lowest BCUT2D eigenvalue weighted by Crippen LogP contribution is -1.80. The molecule has 0 unspecified atom stereocenters. The first-order valence-electron chi connectivity index (χ1n) is 4.90. The van der Waals surface area contributed by atoms with Crippen LogP contribution >= 0.6 is 11.3 Å². The molecule has 2 heteroatoms. The van der Waals surface area contributed by atoms with Crippen LogP contribution in [0.25, 0.3) is 33.1 Å². The lowest BCUT2D eigenvalue weighted by molar-refractivity contribution is 1.52. The summed E-state index contributed by atoms with van der Waals surface area (Å²) in [6.45, 7) is 0. The average molecular weight is 209 g/mol. The zero-order valence-corrected chi connectivity index (χ0v) is 8.71. The minimum absolute atomic E-state index is 1.14. The van der Waals surface area contributed by atoms with E-state index in [-0.39, 0.29) is 0 Å². The Labute approximate surface area is 90.7 Å². The largest absolute Gasteiger partial charge is 0.244 e. The van der Waals surface area contributed by atoms with E-state index in [0.717, 1.165) is 5.52 Å². The molecule has 0 radical (unpaired) electrons. The van der Waals surface area contributed by atoms with Gasteiger partial charge in [-0.05, 0) is 22.6 Å². The molecule has 3 aromatic rings. The normalized spacial score (nSPS) is 13.1. The summed E-state index contributed by atoms with van der Waals surface area (Å²) in [5, 5.41) is 2.64. The Kier molecular flexibility index (Phi) is 1.25. The summed E-state index contributed by atoms with van der Waals surface area (Å²) in [6.07, 6.45) is 4.37. The molecule has 1 aliphatic carbocycles. The van der Waals surface area contributed by atoms with Gasteiger partial charge in [0.2, 0.25) is 0 Å². The van der Waals surface area contributed by atoms with Crippen LogP contribution in [0.5, 0.6) is 0 Å². The second-order valence-electron chi connectivity index (χ2n) is 3.77. The molecule has 1 nitrogen and oxygen atoms in total. The third-order valence-corrected chi connectivity index (χ3v) is 3.74. The van der Waals surface area contributed by atoms with Gasteiger partial charge in [-0.3, -0.25) is 0 Å². The first kappa shape index (κ1) is 7.60. The molecule has 15 heavy (non-hydrogen) atoms. The predicted molar refractivity (Wildman–Crippen MR) is 66.1 cm³/mol. The number of hydrogen-bond donors (Lipinski definition) is 0. The second kappa shape index (κ2) is 2.47. The van der Waals surface area contributed by atoms with Crippen molar-refractivity contribution in [2.24, 2.45) is 0 Å². The van der Waals surface area contributed by atoms with Crippen molar-refractivity contribution in [1.29, 1.82) is 0 Å². The molecule has 0 saturated carbocycles. The molecule has 0 fully saturated rings. The smallest absolute Gasteiger partial charge is 0.0890 e. The summed E-state index contributed by atoms with van der Waals surface area (Å²) in [5.74, 6) is 0. The Bertz CT molecular complexity index is 722. The van der Waals surface area contributed by atoms with Gasteiger partial charge in [-0.15, -0.1) is 11.3 Å². The van der Waals surface area contributed by atoms with Crippen molar-refractivity contribution >= 4 is 44.5 Å². The van der Waals surface area contributed by atoms with Crippen molar-refractivity contribution in [3.05, 3.63) is 40.9 Å². The monoisotopic (exact) mass is 209 g/mol. The number of aromatic nitrogens is 1. The number of rotatable bonds is 0. The third-order valence-electron chi connectivity index (χ3n) is 2.96.